The zero-order chi connectivity index (χ0) is 16.6. The first-order valence-electron chi connectivity index (χ1n) is 6.27. The molecule has 0 unspecified atom stereocenters. The van der Waals surface area contributed by atoms with Gasteiger partial charge in [-0.3, -0.25) is 34.1 Å². The van der Waals surface area contributed by atoms with Crippen LogP contribution in [0.5, 0.6) is 0 Å². The summed E-state index contributed by atoms with van der Waals surface area (Å²) in [6.45, 7) is 0. The van der Waals surface area contributed by atoms with Gasteiger partial charge in [-0.05, 0) is 24.4 Å². The number of para-hydroxylation sites is 1. The quantitative estimate of drug-likeness (QED) is 0.352. The van der Waals surface area contributed by atoms with Gasteiger partial charge in [-0.1, -0.05) is 12.1 Å². The summed E-state index contributed by atoms with van der Waals surface area (Å²) in [5.41, 5.74) is 0.358. The van der Waals surface area contributed by atoms with E-state index in [1.807, 2.05) is 0 Å². The number of amides is 2. The Hall–Kier alpha value is -2.66. The maximum absolute atomic E-state index is 12.4. The van der Waals surface area contributed by atoms with Gasteiger partial charge in [-0.15, -0.1) is 0 Å². The summed E-state index contributed by atoms with van der Waals surface area (Å²) in [5, 5.41) is 7.87. The first-order chi connectivity index (χ1) is 11.0. The molecule has 9 nitrogen and oxygen atoms in total. The van der Waals surface area contributed by atoms with Crippen molar-refractivity contribution in [3.8, 4) is 0 Å². The highest BCUT2D eigenvalue weighted by Gasteiger charge is 2.41. The Bertz CT molecular complexity index is 903. The molecule has 1 aromatic carbocycles. The number of fused-ring (bicyclic) bond motifs is 1. The van der Waals surface area contributed by atoms with Crippen LogP contribution in [0.25, 0.3) is 0 Å². The lowest BCUT2D eigenvalue weighted by Gasteiger charge is -2.22. The number of nitrogens with zero attached hydrogens (tertiary/aromatic N) is 1. The van der Waals surface area contributed by atoms with Crippen LogP contribution in [0.1, 0.15) is 0 Å². The smallest absolute Gasteiger partial charge is 0.295 e. The molecule has 2 atom stereocenters. The van der Waals surface area contributed by atoms with Gasteiger partial charge in [-0.25, -0.2) is 0 Å². The van der Waals surface area contributed by atoms with E-state index in [1.165, 1.54) is 6.07 Å². The van der Waals surface area contributed by atoms with Gasteiger partial charge in [0.2, 0.25) is 22.4 Å². The van der Waals surface area contributed by atoms with Crippen LogP contribution >= 0.6 is 12.2 Å². The average Bonchev–Trinajstić information content (AvgIpc) is 2.92. The lowest BCUT2D eigenvalue weighted by molar-refractivity contribution is -0.136. The minimum atomic E-state index is -1.97. The number of Topliss-reactive ketones (excluding diaryl/α,β-unsaturated/α-hetero) is 1. The predicted octanol–water partition coefficient (Wildman–Crippen LogP) is 0.103. The van der Waals surface area contributed by atoms with E-state index < -0.39 is 33.6 Å². The van der Waals surface area contributed by atoms with Crippen LogP contribution in [0, 0.1) is 4.77 Å². The molecule has 1 aromatic heterocycles. The Balaban J connectivity index is 1.84. The van der Waals surface area contributed by atoms with Gasteiger partial charge in [0.25, 0.3) is 5.91 Å². The summed E-state index contributed by atoms with van der Waals surface area (Å²) in [6, 6.07) is 6.37. The fraction of sp³-hybridized carbons (Fsp3) is 0.0833. The van der Waals surface area contributed by atoms with Crippen molar-refractivity contribution in [1.29, 1.82) is 0 Å². The molecule has 4 N–H and O–H groups in total. The van der Waals surface area contributed by atoms with Crippen molar-refractivity contribution in [3.63, 3.8) is 0 Å². The molecule has 0 saturated heterocycles. The molecule has 0 bridgehead atoms. The van der Waals surface area contributed by atoms with Crippen LogP contribution in [0.3, 0.4) is 0 Å². The summed E-state index contributed by atoms with van der Waals surface area (Å²) >= 11 is 4.71. The molecule has 0 spiro atoms. The van der Waals surface area contributed by atoms with Gasteiger partial charge in [-0.2, -0.15) is 4.98 Å². The molecule has 2 heterocycles. The van der Waals surface area contributed by atoms with Crippen LogP contribution in [0.2, 0.25) is 0 Å². The molecule has 1 aliphatic heterocycles. The standard InChI is InChI=1S/C12H9N5O4S2/c18-7(9(19)14-11-15-12(22)17-16-11)8-10(20)13-5-3-1-2-4-6(5)23(8)21/h1-4,8H,(H,13,20)(H3,14,15,16,17,19,22)/t8-,23+/m0/s1. The van der Waals surface area contributed by atoms with E-state index in [4.69, 9.17) is 12.2 Å². The van der Waals surface area contributed by atoms with E-state index >= 15 is 0 Å². The van der Waals surface area contributed by atoms with Gasteiger partial charge in [0, 0.05) is 0 Å². The number of ketones is 1. The summed E-state index contributed by atoms with van der Waals surface area (Å²) in [7, 11) is -1.97. The molecule has 0 fully saturated rings. The Morgan fingerprint density at radius 2 is 2.00 bits per heavy atom. The second-order valence-corrected chi connectivity index (χ2v) is 6.39. The highest BCUT2D eigenvalue weighted by Crippen LogP contribution is 2.27. The molecule has 1 aliphatic rings. The number of hydrogen-bond acceptors (Lipinski definition) is 6. The zero-order valence-corrected chi connectivity index (χ0v) is 12.9. The third kappa shape index (κ3) is 2.83. The van der Waals surface area contributed by atoms with Gasteiger partial charge in [0.1, 0.15) is 0 Å². The molecular formula is C12H9N5O4S2. The predicted molar refractivity (Wildman–Crippen MR) is 82.7 cm³/mol. The highest BCUT2D eigenvalue weighted by atomic mass is 32.2. The SMILES string of the molecule is O=C(Nc1nc(=S)[nH][nH]1)C(=O)[C@H]1C(=O)Nc2ccccc2[S@]1=O. The minimum absolute atomic E-state index is 0.0734. The van der Waals surface area contributed by atoms with E-state index in [2.05, 4.69) is 25.8 Å². The van der Waals surface area contributed by atoms with Gasteiger partial charge >= 0.3 is 0 Å². The second kappa shape index (κ2) is 5.85. The Kier molecular flexibility index (Phi) is 3.88. The number of aromatic amines is 2. The summed E-state index contributed by atoms with van der Waals surface area (Å²) in [4.78, 5) is 40.1. The average molecular weight is 351 g/mol. The number of carbonyl (C=O) groups is 3. The number of rotatable bonds is 3. The van der Waals surface area contributed by atoms with Crippen LogP contribution in [-0.2, 0) is 25.2 Å². The number of carbonyl (C=O) groups excluding carboxylic acids is 3. The number of hydrogen-bond donors (Lipinski definition) is 4. The van der Waals surface area contributed by atoms with E-state index in [-0.39, 0.29) is 15.6 Å². The van der Waals surface area contributed by atoms with Crippen molar-refractivity contribution < 1.29 is 18.6 Å². The van der Waals surface area contributed by atoms with Crippen molar-refractivity contribution in [3.05, 3.63) is 29.0 Å². The van der Waals surface area contributed by atoms with Gasteiger partial charge in [0.15, 0.2) is 5.25 Å². The Morgan fingerprint density at radius 3 is 2.70 bits per heavy atom. The number of benzene rings is 1. The summed E-state index contributed by atoms with van der Waals surface area (Å²) in [6.07, 6.45) is 0. The van der Waals surface area contributed by atoms with E-state index in [9.17, 15) is 18.6 Å². The van der Waals surface area contributed by atoms with E-state index in [1.54, 1.807) is 18.2 Å². The maximum Gasteiger partial charge on any atom is 0.295 e. The molecule has 11 heteroatoms. The first kappa shape index (κ1) is 15.2. The number of H-pyrrole nitrogens is 2. The highest BCUT2D eigenvalue weighted by molar-refractivity contribution is 7.87. The first-order valence-corrected chi connectivity index (χ1v) is 7.90. The third-order valence-corrected chi connectivity index (χ3v) is 4.85. The second-order valence-electron chi connectivity index (χ2n) is 4.50. The van der Waals surface area contributed by atoms with Crippen molar-refractivity contribution in [2.45, 2.75) is 10.1 Å². The molecular weight excluding hydrogens is 342 g/mol. The third-order valence-electron chi connectivity index (χ3n) is 3.01. The summed E-state index contributed by atoms with van der Waals surface area (Å²) < 4.78 is 12.5. The van der Waals surface area contributed by atoms with Crippen molar-refractivity contribution >= 4 is 52.3 Å². The van der Waals surface area contributed by atoms with Crippen LogP contribution in [0.4, 0.5) is 11.6 Å². The molecule has 23 heavy (non-hydrogen) atoms. The Labute approximate surface area is 136 Å². The molecule has 0 aliphatic carbocycles. The zero-order valence-electron chi connectivity index (χ0n) is 11.3. The largest absolute Gasteiger partial charge is 0.324 e. The summed E-state index contributed by atoms with van der Waals surface area (Å²) in [5.74, 6) is -3.11. The van der Waals surface area contributed by atoms with Crippen molar-refractivity contribution in [1.82, 2.24) is 15.2 Å². The van der Waals surface area contributed by atoms with Crippen LogP contribution in [-0.4, -0.2) is 42.2 Å². The van der Waals surface area contributed by atoms with E-state index in [0.29, 0.717) is 5.69 Å². The molecule has 2 amide bonds. The molecule has 3 rings (SSSR count). The fourth-order valence-corrected chi connectivity index (χ4v) is 3.50. The van der Waals surface area contributed by atoms with Crippen molar-refractivity contribution in [2.75, 3.05) is 10.6 Å². The Morgan fingerprint density at radius 1 is 1.26 bits per heavy atom. The maximum atomic E-state index is 12.4. The molecule has 0 saturated carbocycles. The topological polar surface area (TPSA) is 137 Å². The van der Waals surface area contributed by atoms with Crippen molar-refractivity contribution in [2.24, 2.45) is 0 Å². The normalized spacial score (nSPS) is 19.6. The van der Waals surface area contributed by atoms with Gasteiger partial charge < -0.3 is 5.32 Å². The van der Waals surface area contributed by atoms with Crippen LogP contribution in [0.15, 0.2) is 29.2 Å². The molecule has 2 aromatic rings. The van der Waals surface area contributed by atoms with Crippen LogP contribution < -0.4 is 10.6 Å². The lowest BCUT2D eigenvalue weighted by atomic mass is 10.2. The van der Waals surface area contributed by atoms with E-state index in [0.717, 1.165) is 0 Å². The monoisotopic (exact) mass is 351 g/mol. The number of aromatic nitrogens is 3. The molecule has 118 valence electrons. The number of anilines is 2. The fourth-order valence-electron chi connectivity index (χ4n) is 2.00. The minimum Gasteiger partial charge on any atom is -0.324 e. The van der Waals surface area contributed by atoms with Gasteiger partial charge in [0.05, 0.1) is 21.4 Å². The number of nitrogens with one attached hydrogen (secondary N) is 4. The molecule has 0 radical (unpaired) electrons. The lowest BCUT2D eigenvalue weighted by Crippen LogP contribution is -2.46.